The van der Waals surface area contributed by atoms with Crippen LogP contribution in [0.1, 0.15) is 24.0 Å². The zero-order chi connectivity index (χ0) is 31.7. The van der Waals surface area contributed by atoms with Crippen molar-refractivity contribution in [1.82, 2.24) is 24.9 Å². The lowest BCUT2D eigenvalue weighted by molar-refractivity contribution is -0.137. The van der Waals surface area contributed by atoms with Gasteiger partial charge in [0.1, 0.15) is 5.69 Å². The molecule has 2 aliphatic heterocycles. The Morgan fingerprint density at radius 3 is 2.36 bits per heavy atom. The Hall–Kier alpha value is -3.74. The summed E-state index contributed by atoms with van der Waals surface area (Å²) in [7, 11) is 0. The molecule has 1 N–H and O–H groups in total. The molecule has 7 nitrogen and oxygen atoms in total. The van der Waals surface area contributed by atoms with Crippen molar-refractivity contribution in [3.8, 4) is 28.3 Å². The Bertz CT molecular complexity index is 1870. The first-order valence-electron chi connectivity index (χ1n) is 14.1. The average molecular weight is 670 g/mol. The fourth-order valence-corrected chi connectivity index (χ4v) is 6.36. The minimum Gasteiger partial charge on any atom is -0.355 e. The summed E-state index contributed by atoms with van der Waals surface area (Å²) in [5.74, 6) is 0.990. The summed E-state index contributed by atoms with van der Waals surface area (Å²) in [5.41, 5.74) is 1.72. The minimum atomic E-state index is -4.45. The molecular weight excluding hydrogens is 643 g/mol. The van der Waals surface area contributed by atoms with Gasteiger partial charge in [0.05, 0.1) is 28.5 Å². The lowest BCUT2D eigenvalue weighted by Crippen LogP contribution is -2.26. The third-order valence-corrected chi connectivity index (χ3v) is 9.43. The van der Waals surface area contributed by atoms with E-state index in [0.717, 1.165) is 34.8 Å². The van der Waals surface area contributed by atoms with Crippen molar-refractivity contribution in [2.24, 2.45) is 5.92 Å². The highest BCUT2D eigenvalue weighted by molar-refractivity contribution is 7.99. The third-order valence-electron chi connectivity index (χ3n) is 7.37. The van der Waals surface area contributed by atoms with Crippen molar-refractivity contribution in [3.05, 3.63) is 99.3 Å². The SMILES string of the molecule is CSc1ccc(-n2nc3c(=O)n(Cc4ccc(C(F)(F)F)cc4)nc-3cc2-c2ccc(SCCNC(=O)C3CC3)cc2Cl)cc1. The van der Waals surface area contributed by atoms with Crippen LogP contribution in [-0.2, 0) is 17.5 Å². The highest BCUT2D eigenvalue weighted by Gasteiger charge is 2.30. The number of fused-ring (bicyclic) bond motifs is 1. The molecule has 3 aromatic rings. The lowest BCUT2D eigenvalue weighted by Gasteiger charge is -2.16. The van der Waals surface area contributed by atoms with E-state index in [1.807, 2.05) is 48.7 Å². The molecule has 1 fully saturated rings. The van der Waals surface area contributed by atoms with Gasteiger partial charge in [-0.15, -0.1) is 23.5 Å². The maximum absolute atomic E-state index is 13.4. The van der Waals surface area contributed by atoms with Crippen molar-refractivity contribution in [1.29, 1.82) is 0 Å². The standard InChI is InChI=1S/C32H27ClF3N5O2S2/c1-44-23-10-8-22(9-11-23)41-28(25-13-12-24(16-26(25)33)45-15-14-37-30(42)20-4-5-20)17-27-29(39-41)31(43)40(38-27)18-19-2-6-21(7-3-19)32(34,35)36/h2-3,6-13,16-17,20H,4-5,14-15,18H2,1H3,(H,37,42). The smallest absolute Gasteiger partial charge is 0.355 e. The predicted molar refractivity (Wildman–Crippen MR) is 171 cm³/mol. The monoisotopic (exact) mass is 669 g/mol. The van der Waals surface area contributed by atoms with Gasteiger partial charge in [-0.25, -0.2) is 9.36 Å². The average Bonchev–Trinajstić information content (AvgIpc) is 3.84. The number of thioether (sulfide) groups is 2. The molecule has 0 unspecified atom stereocenters. The van der Waals surface area contributed by atoms with E-state index < -0.39 is 17.3 Å². The van der Waals surface area contributed by atoms with Crippen LogP contribution in [0.25, 0.3) is 28.3 Å². The van der Waals surface area contributed by atoms with Crippen LogP contribution in [0, 0.1) is 5.92 Å². The van der Waals surface area contributed by atoms with Crippen molar-refractivity contribution in [2.75, 3.05) is 18.6 Å². The highest BCUT2D eigenvalue weighted by atomic mass is 35.5. The van der Waals surface area contributed by atoms with E-state index in [0.29, 0.717) is 45.5 Å². The van der Waals surface area contributed by atoms with E-state index >= 15 is 0 Å². The number of hydrogen-bond acceptors (Lipinski definition) is 6. The molecule has 0 bridgehead atoms. The zero-order valence-corrected chi connectivity index (χ0v) is 26.4. The number of carbonyl (C=O) groups excluding carboxylic acids is 1. The second-order valence-corrected chi connectivity index (χ2v) is 13.0. The Labute approximate surface area is 270 Å². The number of hydrogen-bond donors (Lipinski definition) is 1. The number of nitrogens with one attached hydrogen (secondary N) is 1. The van der Waals surface area contributed by atoms with Gasteiger partial charge in [-0.05, 0) is 79.3 Å². The molecular formula is C32H27ClF3N5O2S2. The molecule has 0 saturated heterocycles. The summed E-state index contributed by atoms with van der Waals surface area (Å²) in [6.45, 7) is 0.553. The Kier molecular flexibility index (Phi) is 8.98. The largest absolute Gasteiger partial charge is 0.416 e. The molecule has 0 atom stereocenters. The fraction of sp³-hybridized carbons (Fsp3) is 0.250. The maximum Gasteiger partial charge on any atom is 0.416 e. The summed E-state index contributed by atoms with van der Waals surface area (Å²) in [4.78, 5) is 27.3. The van der Waals surface area contributed by atoms with Gasteiger partial charge >= 0.3 is 6.18 Å². The molecule has 232 valence electrons. The molecule has 13 heteroatoms. The number of aromatic nitrogens is 4. The summed E-state index contributed by atoms with van der Waals surface area (Å²) in [6.07, 6.45) is -0.537. The maximum atomic E-state index is 13.4. The van der Waals surface area contributed by atoms with Crippen LogP contribution >= 0.6 is 35.1 Å². The molecule has 3 aromatic carbocycles. The predicted octanol–water partition coefficient (Wildman–Crippen LogP) is 7.26. The van der Waals surface area contributed by atoms with E-state index in [1.54, 1.807) is 34.3 Å². The summed E-state index contributed by atoms with van der Waals surface area (Å²) in [6, 6.07) is 19.8. The van der Waals surface area contributed by atoms with Crippen LogP contribution in [-0.4, -0.2) is 44.0 Å². The quantitative estimate of drug-likeness (QED) is 0.125. The normalized spacial score (nSPS) is 13.4. The van der Waals surface area contributed by atoms with E-state index in [4.69, 9.17) is 16.7 Å². The van der Waals surface area contributed by atoms with Gasteiger partial charge in [0.2, 0.25) is 5.91 Å². The first-order valence-corrected chi connectivity index (χ1v) is 16.7. The van der Waals surface area contributed by atoms with Crippen LogP contribution in [0.2, 0.25) is 5.02 Å². The van der Waals surface area contributed by atoms with Crippen molar-refractivity contribution < 1.29 is 18.0 Å². The Balaban J connectivity index is 1.33. The second kappa shape index (κ2) is 12.9. The fourth-order valence-electron chi connectivity index (χ4n) is 4.81. The van der Waals surface area contributed by atoms with Gasteiger partial charge in [-0.3, -0.25) is 9.59 Å². The van der Waals surface area contributed by atoms with Gasteiger partial charge in [0, 0.05) is 33.6 Å². The Morgan fingerprint density at radius 2 is 1.71 bits per heavy atom. The minimum absolute atomic E-state index is 0.0150. The highest BCUT2D eigenvalue weighted by Crippen LogP contribution is 2.35. The number of alkyl halides is 3. The first kappa shape index (κ1) is 31.3. The van der Waals surface area contributed by atoms with E-state index in [1.165, 1.54) is 16.8 Å². The van der Waals surface area contributed by atoms with E-state index in [-0.39, 0.29) is 24.1 Å². The molecule has 1 saturated carbocycles. The Morgan fingerprint density at radius 1 is 1.00 bits per heavy atom. The molecule has 0 spiro atoms. The van der Waals surface area contributed by atoms with Gasteiger partial charge < -0.3 is 5.32 Å². The van der Waals surface area contributed by atoms with Gasteiger partial charge in [-0.2, -0.15) is 23.4 Å². The zero-order valence-electron chi connectivity index (χ0n) is 24.0. The molecule has 45 heavy (non-hydrogen) atoms. The molecule has 1 aliphatic carbocycles. The van der Waals surface area contributed by atoms with Gasteiger partial charge in [0.15, 0.2) is 5.69 Å². The van der Waals surface area contributed by atoms with Crippen LogP contribution in [0.15, 0.2) is 87.4 Å². The number of amides is 1. The molecule has 2 heterocycles. The number of carbonyl (C=O) groups is 1. The van der Waals surface area contributed by atoms with Gasteiger partial charge in [-0.1, -0.05) is 29.8 Å². The van der Waals surface area contributed by atoms with Crippen LogP contribution in [0.4, 0.5) is 13.2 Å². The molecule has 6 rings (SSSR count). The number of nitrogens with zero attached hydrogens (tertiary/aromatic N) is 4. The summed E-state index contributed by atoms with van der Waals surface area (Å²) >= 11 is 10.0. The van der Waals surface area contributed by atoms with Crippen molar-refractivity contribution in [2.45, 2.75) is 35.4 Å². The van der Waals surface area contributed by atoms with Crippen molar-refractivity contribution >= 4 is 41.0 Å². The molecule has 3 aliphatic rings. The van der Waals surface area contributed by atoms with Crippen molar-refractivity contribution in [3.63, 3.8) is 0 Å². The molecule has 1 amide bonds. The topological polar surface area (TPSA) is 81.8 Å². The second-order valence-electron chi connectivity index (χ2n) is 10.6. The van der Waals surface area contributed by atoms with E-state index in [9.17, 15) is 22.8 Å². The number of rotatable bonds is 10. The van der Waals surface area contributed by atoms with E-state index in [2.05, 4.69) is 10.4 Å². The molecule has 0 aromatic heterocycles. The third kappa shape index (κ3) is 7.08. The van der Waals surface area contributed by atoms with Crippen LogP contribution in [0.3, 0.4) is 0 Å². The number of benzene rings is 3. The number of halogens is 4. The first-order chi connectivity index (χ1) is 21.6. The lowest BCUT2D eigenvalue weighted by atomic mass is 10.1. The summed E-state index contributed by atoms with van der Waals surface area (Å²) in [5, 5.41) is 12.6. The summed E-state index contributed by atoms with van der Waals surface area (Å²) < 4.78 is 41.9. The van der Waals surface area contributed by atoms with Gasteiger partial charge in [0.25, 0.3) is 5.56 Å². The van der Waals surface area contributed by atoms with Crippen LogP contribution < -0.4 is 10.9 Å². The molecule has 0 radical (unpaired) electrons. The van der Waals surface area contributed by atoms with Crippen LogP contribution in [0.5, 0.6) is 0 Å².